The topological polar surface area (TPSA) is 87.3 Å². The van der Waals surface area contributed by atoms with Gasteiger partial charge >= 0.3 is 5.82 Å². The second kappa shape index (κ2) is 4.12. The van der Waals surface area contributed by atoms with Crippen LogP contribution < -0.4 is 9.74 Å². The van der Waals surface area contributed by atoms with Crippen LogP contribution in [-0.2, 0) is 6.54 Å². The van der Waals surface area contributed by atoms with Gasteiger partial charge in [0.25, 0.3) is 5.56 Å². The molecule has 0 aliphatic heterocycles. The van der Waals surface area contributed by atoms with Gasteiger partial charge in [-0.2, -0.15) is 0 Å². The number of hydrogen-bond donors (Lipinski definition) is 1. The maximum Gasteiger partial charge on any atom is 0.432 e. The van der Waals surface area contributed by atoms with E-state index in [0.717, 1.165) is 23.6 Å². The number of hydrogen-bond acceptors (Lipinski definition) is 6. The Morgan fingerprint density at radius 3 is 2.88 bits per heavy atom. The van der Waals surface area contributed by atoms with Crippen molar-refractivity contribution in [3.63, 3.8) is 0 Å². The molecule has 1 fully saturated rings. The van der Waals surface area contributed by atoms with Crippen LogP contribution in [0.1, 0.15) is 12.8 Å². The van der Waals surface area contributed by atoms with Gasteiger partial charge in [0.05, 0.1) is 17.7 Å². The SMILES string of the molecule is O=c1cc(OS)c([N+](=O)[O-])nn1CC1CC1. The van der Waals surface area contributed by atoms with Crippen molar-refractivity contribution in [2.24, 2.45) is 5.92 Å². The van der Waals surface area contributed by atoms with Crippen LogP contribution in [0.25, 0.3) is 0 Å². The summed E-state index contributed by atoms with van der Waals surface area (Å²) in [4.78, 5) is 21.5. The van der Waals surface area contributed by atoms with Crippen molar-refractivity contribution in [3.8, 4) is 5.75 Å². The zero-order valence-electron chi connectivity index (χ0n) is 8.20. The van der Waals surface area contributed by atoms with E-state index < -0.39 is 16.3 Å². The maximum atomic E-state index is 11.5. The Bertz CT molecular complexity index is 483. The van der Waals surface area contributed by atoms with Gasteiger partial charge in [0, 0.05) is 12.9 Å². The van der Waals surface area contributed by atoms with Gasteiger partial charge in [-0.3, -0.25) is 4.79 Å². The van der Waals surface area contributed by atoms with Crippen molar-refractivity contribution >= 4 is 18.7 Å². The van der Waals surface area contributed by atoms with Gasteiger partial charge in [-0.05, 0) is 23.7 Å². The standard InChI is InChI=1S/C8H9N3O4S/c12-7-3-6(15-16)8(11(13)14)9-10(7)4-5-1-2-5/h3,5,16H,1-2,4H2. The summed E-state index contributed by atoms with van der Waals surface area (Å²) in [5, 5.41) is 14.3. The summed E-state index contributed by atoms with van der Waals surface area (Å²) < 4.78 is 5.54. The lowest BCUT2D eigenvalue weighted by Gasteiger charge is -2.01. The molecule has 0 atom stereocenters. The predicted molar refractivity (Wildman–Crippen MR) is 57.5 cm³/mol. The van der Waals surface area contributed by atoms with Gasteiger partial charge in [-0.15, -0.1) is 4.68 Å². The number of aromatic nitrogens is 2. The molecule has 0 amide bonds. The monoisotopic (exact) mass is 243 g/mol. The molecule has 1 aliphatic carbocycles. The van der Waals surface area contributed by atoms with Crippen molar-refractivity contribution in [1.29, 1.82) is 0 Å². The second-order valence-electron chi connectivity index (χ2n) is 3.64. The molecule has 7 nitrogen and oxygen atoms in total. The lowest BCUT2D eigenvalue weighted by molar-refractivity contribution is -0.391. The molecule has 8 heteroatoms. The minimum absolute atomic E-state index is 0.231. The molecular formula is C8H9N3O4S. The van der Waals surface area contributed by atoms with Crippen molar-refractivity contribution in [1.82, 2.24) is 9.78 Å². The maximum absolute atomic E-state index is 11.5. The Labute approximate surface area is 95.8 Å². The number of nitrogens with zero attached hydrogens (tertiary/aromatic N) is 3. The summed E-state index contributed by atoms with van der Waals surface area (Å²) in [6, 6.07) is 1.03. The molecule has 0 radical (unpaired) electrons. The minimum Gasteiger partial charge on any atom is -0.420 e. The molecule has 0 saturated heterocycles. The quantitative estimate of drug-likeness (QED) is 0.365. The number of rotatable bonds is 4. The predicted octanol–water partition coefficient (Wildman–Crippen LogP) is 0.785. The van der Waals surface area contributed by atoms with Crippen molar-refractivity contribution in [3.05, 3.63) is 26.5 Å². The lowest BCUT2D eigenvalue weighted by atomic mass is 10.4. The summed E-state index contributed by atoms with van der Waals surface area (Å²) in [6.45, 7) is 0.423. The molecule has 0 aromatic carbocycles. The number of nitro groups is 1. The molecule has 1 aromatic heterocycles. The molecule has 2 rings (SSSR count). The van der Waals surface area contributed by atoms with E-state index in [0.29, 0.717) is 12.5 Å². The Balaban J connectivity index is 2.41. The van der Waals surface area contributed by atoms with E-state index in [4.69, 9.17) is 0 Å². The summed E-state index contributed by atoms with van der Waals surface area (Å²) in [7, 11) is 0. The number of thiol groups is 1. The van der Waals surface area contributed by atoms with E-state index in [2.05, 4.69) is 22.2 Å². The van der Waals surface area contributed by atoms with E-state index in [1.54, 1.807) is 0 Å². The Morgan fingerprint density at radius 1 is 1.69 bits per heavy atom. The molecule has 0 spiro atoms. The van der Waals surface area contributed by atoms with Gasteiger partial charge < -0.3 is 14.3 Å². The zero-order chi connectivity index (χ0) is 11.7. The summed E-state index contributed by atoms with van der Waals surface area (Å²) in [5.74, 6) is -0.312. The van der Waals surface area contributed by atoms with E-state index in [9.17, 15) is 14.9 Å². The lowest BCUT2D eigenvalue weighted by Crippen LogP contribution is -2.24. The van der Waals surface area contributed by atoms with Crippen LogP contribution in [0, 0.1) is 16.0 Å². The van der Waals surface area contributed by atoms with Crippen LogP contribution >= 0.6 is 12.9 Å². The van der Waals surface area contributed by atoms with Crippen molar-refractivity contribution in [2.75, 3.05) is 0 Å². The van der Waals surface area contributed by atoms with E-state index in [-0.39, 0.29) is 5.75 Å². The van der Waals surface area contributed by atoms with Gasteiger partial charge in [0.2, 0.25) is 5.75 Å². The normalized spacial score (nSPS) is 14.8. The van der Waals surface area contributed by atoms with Gasteiger partial charge in [-0.1, -0.05) is 0 Å². The first kappa shape index (κ1) is 10.9. The van der Waals surface area contributed by atoms with Crippen LogP contribution in [0.15, 0.2) is 10.9 Å². The first-order valence-corrected chi connectivity index (χ1v) is 5.06. The zero-order valence-corrected chi connectivity index (χ0v) is 9.09. The molecule has 1 saturated carbocycles. The summed E-state index contributed by atoms with van der Waals surface area (Å²) in [6.07, 6.45) is 2.07. The molecule has 1 aromatic rings. The third kappa shape index (κ3) is 2.16. The second-order valence-corrected chi connectivity index (χ2v) is 3.83. The fraction of sp³-hybridized carbons (Fsp3) is 0.500. The largest absolute Gasteiger partial charge is 0.432 e. The van der Waals surface area contributed by atoms with Crippen molar-refractivity contribution in [2.45, 2.75) is 19.4 Å². The van der Waals surface area contributed by atoms with E-state index in [1.807, 2.05) is 0 Å². The summed E-state index contributed by atoms with van der Waals surface area (Å²) >= 11 is 3.45. The van der Waals surface area contributed by atoms with Crippen LogP contribution in [0.4, 0.5) is 5.82 Å². The Hall–Kier alpha value is -1.57. The molecule has 16 heavy (non-hydrogen) atoms. The van der Waals surface area contributed by atoms with Crippen LogP contribution in [0.2, 0.25) is 0 Å². The van der Waals surface area contributed by atoms with Crippen LogP contribution in [0.5, 0.6) is 5.75 Å². The first-order chi connectivity index (χ1) is 7.61. The smallest absolute Gasteiger partial charge is 0.420 e. The van der Waals surface area contributed by atoms with Crippen LogP contribution in [0.3, 0.4) is 0 Å². The fourth-order valence-corrected chi connectivity index (χ4v) is 1.47. The molecular weight excluding hydrogens is 234 g/mol. The highest BCUT2D eigenvalue weighted by Crippen LogP contribution is 2.30. The molecule has 0 unspecified atom stereocenters. The third-order valence-corrected chi connectivity index (χ3v) is 2.54. The molecule has 86 valence electrons. The van der Waals surface area contributed by atoms with Crippen molar-refractivity contribution < 1.29 is 9.11 Å². The average molecular weight is 243 g/mol. The minimum atomic E-state index is -0.700. The molecule has 1 heterocycles. The summed E-state index contributed by atoms with van der Waals surface area (Å²) in [5.41, 5.74) is -0.415. The highest BCUT2D eigenvalue weighted by Gasteiger charge is 2.27. The Kier molecular flexibility index (Phi) is 2.82. The average Bonchev–Trinajstić information content (AvgIpc) is 3.04. The molecule has 0 bridgehead atoms. The van der Waals surface area contributed by atoms with Crippen LogP contribution in [-0.4, -0.2) is 14.7 Å². The fourth-order valence-electron chi connectivity index (χ4n) is 1.33. The van der Waals surface area contributed by atoms with Gasteiger partial charge in [0.1, 0.15) is 0 Å². The van der Waals surface area contributed by atoms with E-state index in [1.165, 1.54) is 0 Å². The Morgan fingerprint density at radius 2 is 2.38 bits per heavy atom. The molecule has 1 aliphatic rings. The molecule has 0 N–H and O–H groups in total. The van der Waals surface area contributed by atoms with E-state index >= 15 is 0 Å². The first-order valence-electron chi connectivity index (χ1n) is 4.70. The third-order valence-electron chi connectivity index (χ3n) is 2.34. The highest BCUT2D eigenvalue weighted by atomic mass is 32.1. The van der Waals surface area contributed by atoms with Gasteiger partial charge in [0.15, 0.2) is 0 Å². The highest BCUT2D eigenvalue weighted by molar-refractivity contribution is 7.75. The van der Waals surface area contributed by atoms with Gasteiger partial charge in [-0.25, -0.2) is 0 Å².